The minimum atomic E-state index is 0.441. The van der Waals surface area contributed by atoms with Gasteiger partial charge in [-0.3, -0.25) is 0 Å². The Kier molecular flexibility index (Phi) is 6.19. The summed E-state index contributed by atoms with van der Waals surface area (Å²) in [4.78, 5) is 4.60. The lowest BCUT2D eigenvalue weighted by atomic mass is 10.1. The molecule has 3 aromatic rings. The first kappa shape index (κ1) is 19.7. The summed E-state index contributed by atoms with van der Waals surface area (Å²) >= 11 is 7.45. The SMILES string of the molecule is COc1ccc(-c2csc(/C(C#N)=C/Nc3cc(Cl)ccc3C)n2)cc1OC. The monoisotopic (exact) mass is 411 g/mol. The highest BCUT2D eigenvalue weighted by Gasteiger charge is 2.12. The van der Waals surface area contributed by atoms with Crippen LogP contribution in [0.1, 0.15) is 10.6 Å². The quantitative estimate of drug-likeness (QED) is 0.522. The van der Waals surface area contributed by atoms with Crippen molar-refractivity contribution in [3.05, 3.63) is 63.6 Å². The van der Waals surface area contributed by atoms with Gasteiger partial charge in [0.15, 0.2) is 11.5 Å². The Morgan fingerprint density at radius 3 is 2.68 bits per heavy atom. The molecule has 0 bridgehead atoms. The Balaban J connectivity index is 1.87. The van der Waals surface area contributed by atoms with Gasteiger partial charge in [0, 0.05) is 27.9 Å². The molecule has 0 radical (unpaired) electrons. The number of allylic oxidation sites excluding steroid dienone is 1. The summed E-state index contributed by atoms with van der Waals surface area (Å²) in [6.45, 7) is 1.97. The minimum absolute atomic E-state index is 0.441. The number of halogens is 1. The third kappa shape index (κ3) is 4.28. The highest BCUT2D eigenvalue weighted by atomic mass is 35.5. The fraction of sp³-hybridized carbons (Fsp3) is 0.143. The predicted octanol–water partition coefficient (Wildman–Crippen LogP) is 5.77. The molecule has 0 spiro atoms. The van der Waals surface area contributed by atoms with Gasteiger partial charge in [0.05, 0.1) is 19.9 Å². The van der Waals surface area contributed by atoms with Crippen molar-refractivity contribution in [2.24, 2.45) is 0 Å². The number of hydrogen-bond acceptors (Lipinski definition) is 6. The van der Waals surface area contributed by atoms with Crippen LogP contribution >= 0.6 is 22.9 Å². The Labute approximate surface area is 172 Å². The smallest absolute Gasteiger partial charge is 0.161 e. The summed E-state index contributed by atoms with van der Waals surface area (Å²) in [5.74, 6) is 1.28. The molecule has 28 heavy (non-hydrogen) atoms. The molecule has 142 valence electrons. The first-order valence-electron chi connectivity index (χ1n) is 8.37. The van der Waals surface area contributed by atoms with Crippen molar-refractivity contribution in [2.75, 3.05) is 19.5 Å². The highest BCUT2D eigenvalue weighted by molar-refractivity contribution is 7.11. The maximum absolute atomic E-state index is 9.56. The number of aryl methyl sites for hydroxylation is 1. The number of thiazole rings is 1. The molecule has 0 aliphatic heterocycles. The number of rotatable bonds is 6. The Hall–Kier alpha value is -3.01. The van der Waals surface area contributed by atoms with Crippen LogP contribution in [0.3, 0.4) is 0 Å². The van der Waals surface area contributed by atoms with Gasteiger partial charge >= 0.3 is 0 Å². The number of nitriles is 1. The van der Waals surface area contributed by atoms with Gasteiger partial charge in [-0.1, -0.05) is 17.7 Å². The topological polar surface area (TPSA) is 67.2 Å². The normalized spacial score (nSPS) is 11.0. The molecule has 1 heterocycles. The fourth-order valence-corrected chi connectivity index (χ4v) is 3.53. The minimum Gasteiger partial charge on any atom is -0.493 e. The van der Waals surface area contributed by atoms with Crippen LogP contribution in [0.15, 0.2) is 48.0 Å². The third-order valence-electron chi connectivity index (χ3n) is 4.11. The van der Waals surface area contributed by atoms with Gasteiger partial charge in [0.2, 0.25) is 0 Å². The third-order valence-corrected chi connectivity index (χ3v) is 5.22. The zero-order valence-corrected chi connectivity index (χ0v) is 17.2. The van der Waals surface area contributed by atoms with Crippen molar-refractivity contribution >= 4 is 34.2 Å². The molecule has 0 atom stereocenters. The van der Waals surface area contributed by atoms with Gasteiger partial charge in [-0.25, -0.2) is 4.98 Å². The number of hydrogen-bond donors (Lipinski definition) is 1. The molecule has 1 aromatic heterocycles. The first-order chi connectivity index (χ1) is 13.5. The van der Waals surface area contributed by atoms with E-state index >= 15 is 0 Å². The maximum atomic E-state index is 9.56. The molecule has 0 fully saturated rings. The largest absolute Gasteiger partial charge is 0.493 e. The Bertz CT molecular complexity index is 1070. The summed E-state index contributed by atoms with van der Waals surface area (Å²) < 4.78 is 10.6. The second-order valence-corrected chi connectivity index (χ2v) is 7.18. The van der Waals surface area contributed by atoms with Gasteiger partial charge in [-0.05, 0) is 42.8 Å². The van der Waals surface area contributed by atoms with Crippen molar-refractivity contribution in [1.82, 2.24) is 4.98 Å². The van der Waals surface area contributed by atoms with Crippen LogP contribution in [0, 0.1) is 18.3 Å². The van der Waals surface area contributed by atoms with Gasteiger partial charge in [0.1, 0.15) is 16.6 Å². The lowest BCUT2D eigenvalue weighted by Gasteiger charge is -2.08. The molecule has 3 rings (SSSR count). The van der Waals surface area contributed by atoms with Crippen LogP contribution in [0.4, 0.5) is 5.69 Å². The zero-order valence-electron chi connectivity index (χ0n) is 15.6. The molecule has 0 saturated carbocycles. The molecule has 0 amide bonds. The second-order valence-electron chi connectivity index (χ2n) is 5.88. The number of ether oxygens (including phenoxy) is 2. The van der Waals surface area contributed by atoms with E-state index in [0.29, 0.717) is 27.1 Å². The lowest BCUT2D eigenvalue weighted by Crippen LogP contribution is -1.94. The molecular weight excluding hydrogens is 394 g/mol. The molecule has 0 aliphatic carbocycles. The van der Waals surface area contributed by atoms with E-state index in [4.69, 9.17) is 21.1 Å². The first-order valence-corrected chi connectivity index (χ1v) is 9.62. The number of benzene rings is 2. The average molecular weight is 412 g/mol. The molecule has 0 aliphatic rings. The van der Waals surface area contributed by atoms with E-state index in [1.54, 1.807) is 20.4 Å². The van der Waals surface area contributed by atoms with Gasteiger partial charge < -0.3 is 14.8 Å². The number of nitrogens with one attached hydrogen (secondary N) is 1. The maximum Gasteiger partial charge on any atom is 0.161 e. The summed E-state index contributed by atoms with van der Waals surface area (Å²) in [5.41, 5.74) is 3.97. The van der Waals surface area contributed by atoms with Gasteiger partial charge in [-0.15, -0.1) is 11.3 Å². The lowest BCUT2D eigenvalue weighted by molar-refractivity contribution is 0.355. The number of anilines is 1. The Morgan fingerprint density at radius 1 is 1.18 bits per heavy atom. The average Bonchev–Trinajstić information content (AvgIpc) is 3.20. The molecular formula is C21H18ClN3O2S. The molecule has 7 heteroatoms. The molecule has 1 N–H and O–H groups in total. The second kappa shape index (κ2) is 8.79. The van der Waals surface area contributed by atoms with E-state index in [2.05, 4.69) is 16.4 Å². The summed E-state index contributed by atoms with van der Waals surface area (Å²) in [7, 11) is 3.19. The van der Waals surface area contributed by atoms with Crippen LogP contribution in [0.25, 0.3) is 16.8 Å². The number of methoxy groups -OCH3 is 2. The van der Waals surface area contributed by atoms with Crippen molar-refractivity contribution < 1.29 is 9.47 Å². The standard InChI is InChI=1S/C21H18ClN3O2S/c1-13-4-6-16(22)9-17(13)24-11-15(10-23)21-25-18(12-28-21)14-5-7-19(26-2)20(8-14)27-3/h4-9,11-12,24H,1-3H3/b15-11+. The van der Waals surface area contributed by atoms with Gasteiger partial charge in [-0.2, -0.15) is 5.26 Å². The van der Waals surface area contributed by atoms with E-state index in [1.165, 1.54) is 11.3 Å². The molecule has 0 unspecified atom stereocenters. The van der Waals surface area contributed by atoms with Crippen LogP contribution in [-0.2, 0) is 0 Å². The van der Waals surface area contributed by atoms with Crippen LogP contribution in [0.2, 0.25) is 5.02 Å². The van der Waals surface area contributed by atoms with Crippen molar-refractivity contribution in [3.63, 3.8) is 0 Å². The highest BCUT2D eigenvalue weighted by Crippen LogP contribution is 2.33. The van der Waals surface area contributed by atoms with E-state index in [-0.39, 0.29) is 0 Å². The van der Waals surface area contributed by atoms with Crippen LogP contribution in [0.5, 0.6) is 11.5 Å². The Morgan fingerprint density at radius 2 is 1.96 bits per heavy atom. The van der Waals surface area contributed by atoms with E-state index in [9.17, 15) is 5.26 Å². The van der Waals surface area contributed by atoms with Gasteiger partial charge in [0.25, 0.3) is 0 Å². The molecule has 2 aromatic carbocycles. The molecule has 5 nitrogen and oxygen atoms in total. The predicted molar refractivity (Wildman–Crippen MR) is 114 cm³/mol. The zero-order chi connectivity index (χ0) is 20.1. The van der Waals surface area contributed by atoms with E-state index < -0.39 is 0 Å². The molecule has 0 saturated heterocycles. The summed E-state index contributed by atoms with van der Waals surface area (Å²) in [5, 5.41) is 15.9. The number of nitrogens with zero attached hydrogens (tertiary/aromatic N) is 2. The van der Waals surface area contributed by atoms with E-state index in [0.717, 1.165) is 22.5 Å². The summed E-state index contributed by atoms with van der Waals surface area (Å²) in [6, 6.07) is 13.4. The van der Waals surface area contributed by atoms with E-state index in [1.807, 2.05) is 48.7 Å². The van der Waals surface area contributed by atoms with Crippen LogP contribution < -0.4 is 14.8 Å². The van der Waals surface area contributed by atoms with Crippen molar-refractivity contribution in [3.8, 4) is 28.8 Å². The summed E-state index contributed by atoms with van der Waals surface area (Å²) in [6.07, 6.45) is 1.65. The van der Waals surface area contributed by atoms with Crippen molar-refractivity contribution in [2.45, 2.75) is 6.92 Å². The number of aromatic nitrogens is 1. The van der Waals surface area contributed by atoms with Crippen LogP contribution in [-0.4, -0.2) is 19.2 Å². The fourth-order valence-electron chi connectivity index (χ4n) is 2.57. The van der Waals surface area contributed by atoms with Crippen molar-refractivity contribution in [1.29, 1.82) is 5.26 Å².